The molecule has 1 heterocycles. The van der Waals surface area contributed by atoms with Crippen LogP contribution in [0.1, 0.15) is 43.9 Å². The molecule has 20 heavy (non-hydrogen) atoms. The lowest BCUT2D eigenvalue weighted by molar-refractivity contribution is 0.0351. The summed E-state index contributed by atoms with van der Waals surface area (Å²) in [4.78, 5) is 2.26. The average molecular weight is 280 g/mol. The number of aliphatic hydroxyl groups is 1. The molecule has 1 saturated heterocycles. The van der Waals surface area contributed by atoms with Gasteiger partial charge < -0.3 is 15.3 Å². The largest absolute Gasteiger partial charge is 0.390 e. The van der Waals surface area contributed by atoms with Gasteiger partial charge in [0.15, 0.2) is 0 Å². The quantitative estimate of drug-likeness (QED) is 0.893. The summed E-state index contributed by atoms with van der Waals surface area (Å²) >= 11 is 0. The highest BCUT2D eigenvalue weighted by Gasteiger charge is 2.29. The summed E-state index contributed by atoms with van der Waals surface area (Å²) in [5.41, 5.74) is 2.17. The SMILES string of the molecule is CNC(C)c1cc(F)c(C)cc1N1CCC(C)(O)CC1. The van der Waals surface area contributed by atoms with Crippen molar-refractivity contribution in [2.75, 3.05) is 25.0 Å². The Balaban J connectivity index is 2.33. The van der Waals surface area contributed by atoms with E-state index in [0.29, 0.717) is 5.56 Å². The third-order valence-electron chi connectivity index (χ3n) is 4.39. The topological polar surface area (TPSA) is 35.5 Å². The number of rotatable bonds is 3. The summed E-state index contributed by atoms with van der Waals surface area (Å²) in [7, 11) is 1.88. The summed E-state index contributed by atoms with van der Waals surface area (Å²) in [6.45, 7) is 7.33. The van der Waals surface area contributed by atoms with Crippen molar-refractivity contribution in [2.24, 2.45) is 0 Å². The molecule has 0 bridgehead atoms. The number of hydrogen-bond acceptors (Lipinski definition) is 3. The molecule has 0 aliphatic carbocycles. The lowest BCUT2D eigenvalue weighted by Gasteiger charge is -2.38. The first kappa shape index (κ1) is 15.3. The van der Waals surface area contributed by atoms with Crippen molar-refractivity contribution < 1.29 is 9.50 Å². The maximum Gasteiger partial charge on any atom is 0.126 e. The van der Waals surface area contributed by atoms with Gasteiger partial charge in [-0.3, -0.25) is 0 Å². The second-order valence-electron chi connectivity index (χ2n) is 6.15. The maximum atomic E-state index is 13.9. The molecule has 3 nitrogen and oxygen atoms in total. The first-order valence-electron chi connectivity index (χ1n) is 7.29. The van der Waals surface area contributed by atoms with E-state index in [0.717, 1.165) is 37.2 Å². The molecule has 2 rings (SSSR count). The van der Waals surface area contributed by atoms with Crippen LogP contribution in [0.2, 0.25) is 0 Å². The molecule has 4 heteroatoms. The predicted molar refractivity (Wildman–Crippen MR) is 80.7 cm³/mol. The Labute approximate surface area is 120 Å². The van der Waals surface area contributed by atoms with E-state index in [1.165, 1.54) is 0 Å². The number of piperidine rings is 1. The first-order valence-corrected chi connectivity index (χ1v) is 7.29. The van der Waals surface area contributed by atoms with Gasteiger partial charge in [-0.25, -0.2) is 4.39 Å². The summed E-state index contributed by atoms with van der Waals surface area (Å²) < 4.78 is 13.9. The molecule has 2 N–H and O–H groups in total. The van der Waals surface area contributed by atoms with Gasteiger partial charge in [-0.1, -0.05) is 0 Å². The Bertz CT molecular complexity index is 478. The van der Waals surface area contributed by atoms with Crippen molar-refractivity contribution in [1.29, 1.82) is 0 Å². The van der Waals surface area contributed by atoms with E-state index in [1.807, 2.05) is 27.0 Å². The summed E-state index contributed by atoms with van der Waals surface area (Å²) in [6.07, 6.45) is 1.49. The van der Waals surface area contributed by atoms with E-state index in [1.54, 1.807) is 13.0 Å². The van der Waals surface area contributed by atoms with Crippen LogP contribution in [-0.2, 0) is 0 Å². The van der Waals surface area contributed by atoms with E-state index < -0.39 is 5.60 Å². The molecule has 0 saturated carbocycles. The summed E-state index contributed by atoms with van der Waals surface area (Å²) in [5.74, 6) is -0.158. The molecule has 1 aromatic carbocycles. The van der Waals surface area contributed by atoms with Crippen molar-refractivity contribution in [3.8, 4) is 0 Å². The zero-order valence-corrected chi connectivity index (χ0v) is 12.8. The molecule has 0 radical (unpaired) electrons. The summed E-state index contributed by atoms with van der Waals surface area (Å²) in [6, 6.07) is 3.67. The van der Waals surface area contributed by atoms with Gasteiger partial charge in [-0.05, 0) is 63.9 Å². The van der Waals surface area contributed by atoms with Gasteiger partial charge in [0.2, 0.25) is 0 Å². The van der Waals surface area contributed by atoms with Crippen LogP contribution >= 0.6 is 0 Å². The van der Waals surface area contributed by atoms with Gasteiger partial charge in [0.1, 0.15) is 5.82 Å². The van der Waals surface area contributed by atoms with Gasteiger partial charge in [-0.2, -0.15) is 0 Å². The smallest absolute Gasteiger partial charge is 0.126 e. The zero-order valence-electron chi connectivity index (χ0n) is 12.8. The fourth-order valence-corrected chi connectivity index (χ4v) is 2.69. The third kappa shape index (κ3) is 3.13. The standard InChI is InChI=1S/C16H25FN2O/c1-11-9-15(13(10-14(11)17)12(2)18-4)19-7-5-16(3,20)6-8-19/h9-10,12,18,20H,5-8H2,1-4H3. The van der Waals surface area contributed by atoms with Crippen molar-refractivity contribution in [2.45, 2.75) is 45.3 Å². The number of nitrogens with zero attached hydrogens (tertiary/aromatic N) is 1. The van der Waals surface area contributed by atoms with Crippen LogP contribution in [0.3, 0.4) is 0 Å². The fourth-order valence-electron chi connectivity index (χ4n) is 2.69. The second kappa shape index (κ2) is 5.70. The number of hydrogen-bond donors (Lipinski definition) is 2. The van der Waals surface area contributed by atoms with Crippen LogP contribution in [0.5, 0.6) is 0 Å². The average Bonchev–Trinajstić information content (AvgIpc) is 2.40. The van der Waals surface area contributed by atoms with Crippen LogP contribution in [0.4, 0.5) is 10.1 Å². The third-order valence-corrected chi connectivity index (χ3v) is 4.39. The molecule has 1 fully saturated rings. The molecule has 1 unspecified atom stereocenters. The molecule has 0 spiro atoms. The second-order valence-corrected chi connectivity index (χ2v) is 6.15. The lowest BCUT2D eigenvalue weighted by Crippen LogP contribution is -2.43. The Morgan fingerprint density at radius 1 is 1.35 bits per heavy atom. The predicted octanol–water partition coefficient (Wildman–Crippen LogP) is 2.77. The number of anilines is 1. The number of halogens is 1. The summed E-state index contributed by atoms with van der Waals surface area (Å²) in [5, 5.41) is 13.2. The van der Waals surface area contributed by atoms with E-state index >= 15 is 0 Å². The maximum absolute atomic E-state index is 13.9. The van der Waals surface area contributed by atoms with E-state index in [4.69, 9.17) is 0 Å². The fraction of sp³-hybridized carbons (Fsp3) is 0.625. The van der Waals surface area contributed by atoms with E-state index in [9.17, 15) is 9.50 Å². The minimum Gasteiger partial charge on any atom is -0.390 e. The molecule has 1 aliphatic heterocycles. The Morgan fingerprint density at radius 2 is 1.95 bits per heavy atom. The molecule has 1 atom stereocenters. The number of benzene rings is 1. The Morgan fingerprint density at radius 3 is 2.50 bits per heavy atom. The molecule has 0 aromatic heterocycles. The molecule has 1 aliphatic rings. The zero-order chi connectivity index (χ0) is 14.9. The Kier molecular flexibility index (Phi) is 4.35. The number of nitrogens with one attached hydrogen (secondary N) is 1. The van der Waals surface area contributed by atoms with Crippen LogP contribution in [0.25, 0.3) is 0 Å². The molecule has 1 aromatic rings. The molecule has 0 amide bonds. The van der Waals surface area contributed by atoms with Crippen LogP contribution in [-0.4, -0.2) is 30.8 Å². The highest BCUT2D eigenvalue weighted by molar-refractivity contribution is 5.57. The highest BCUT2D eigenvalue weighted by atomic mass is 19.1. The van der Waals surface area contributed by atoms with Gasteiger partial charge in [0, 0.05) is 24.8 Å². The van der Waals surface area contributed by atoms with Crippen LogP contribution in [0, 0.1) is 12.7 Å². The van der Waals surface area contributed by atoms with Crippen molar-refractivity contribution in [3.05, 3.63) is 29.1 Å². The molecule has 112 valence electrons. The molecular formula is C16H25FN2O. The molecular weight excluding hydrogens is 255 g/mol. The van der Waals surface area contributed by atoms with Gasteiger partial charge in [0.25, 0.3) is 0 Å². The van der Waals surface area contributed by atoms with E-state index in [2.05, 4.69) is 10.2 Å². The Hall–Kier alpha value is -1.13. The first-order chi connectivity index (χ1) is 9.34. The van der Waals surface area contributed by atoms with Crippen molar-refractivity contribution in [1.82, 2.24) is 5.32 Å². The minimum atomic E-state index is -0.569. The van der Waals surface area contributed by atoms with Crippen molar-refractivity contribution in [3.63, 3.8) is 0 Å². The van der Waals surface area contributed by atoms with Gasteiger partial charge in [-0.15, -0.1) is 0 Å². The number of aryl methyl sites for hydroxylation is 1. The normalized spacial score (nSPS) is 20.0. The van der Waals surface area contributed by atoms with Gasteiger partial charge in [0.05, 0.1) is 5.60 Å². The van der Waals surface area contributed by atoms with Gasteiger partial charge >= 0.3 is 0 Å². The lowest BCUT2D eigenvalue weighted by atomic mass is 9.92. The minimum absolute atomic E-state index is 0.0996. The van der Waals surface area contributed by atoms with Crippen LogP contribution in [0.15, 0.2) is 12.1 Å². The monoisotopic (exact) mass is 280 g/mol. The highest BCUT2D eigenvalue weighted by Crippen LogP contribution is 2.33. The van der Waals surface area contributed by atoms with Crippen molar-refractivity contribution >= 4 is 5.69 Å². The van der Waals surface area contributed by atoms with E-state index in [-0.39, 0.29) is 11.9 Å². The van der Waals surface area contributed by atoms with Crippen LogP contribution < -0.4 is 10.2 Å².